The zero-order valence-corrected chi connectivity index (χ0v) is 14.9. The molecule has 0 radical (unpaired) electrons. The SMILES string of the molecule is Cc1ccc(-c2noc(CNc3cc4c(cc3Cl)NC(=O)CO4)n2)cc1F. The first-order valence-corrected chi connectivity index (χ1v) is 8.46. The lowest BCUT2D eigenvalue weighted by Crippen LogP contribution is -2.25. The van der Waals surface area contributed by atoms with Gasteiger partial charge < -0.3 is 19.9 Å². The van der Waals surface area contributed by atoms with E-state index in [-0.39, 0.29) is 24.9 Å². The number of fused-ring (bicyclic) bond motifs is 1. The van der Waals surface area contributed by atoms with Gasteiger partial charge >= 0.3 is 0 Å². The van der Waals surface area contributed by atoms with E-state index in [4.69, 9.17) is 20.9 Å². The van der Waals surface area contributed by atoms with Crippen molar-refractivity contribution in [3.8, 4) is 17.1 Å². The summed E-state index contributed by atoms with van der Waals surface area (Å²) in [5.74, 6) is 0.570. The minimum absolute atomic E-state index is 0.0474. The maximum absolute atomic E-state index is 13.7. The molecule has 4 rings (SSSR count). The molecule has 0 saturated carbocycles. The van der Waals surface area contributed by atoms with Gasteiger partial charge in [0.25, 0.3) is 5.91 Å². The monoisotopic (exact) mass is 388 g/mol. The van der Waals surface area contributed by atoms with E-state index >= 15 is 0 Å². The summed E-state index contributed by atoms with van der Waals surface area (Å²) in [6, 6.07) is 8.04. The molecule has 1 aliphatic rings. The Kier molecular flexibility index (Phi) is 4.41. The second-order valence-corrected chi connectivity index (χ2v) is 6.40. The van der Waals surface area contributed by atoms with Crippen molar-refractivity contribution in [1.29, 1.82) is 0 Å². The lowest BCUT2D eigenvalue weighted by Gasteiger charge is -2.19. The maximum Gasteiger partial charge on any atom is 0.262 e. The van der Waals surface area contributed by atoms with Gasteiger partial charge in [0, 0.05) is 11.6 Å². The molecule has 0 bridgehead atoms. The summed E-state index contributed by atoms with van der Waals surface area (Å²) < 4.78 is 24.3. The van der Waals surface area contributed by atoms with Crippen molar-refractivity contribution in [2.75, 3.05) is 17.2 Å². The second kappa shape index (κ2) is 6.88. The highest BCUT2D eigenvalue weighted by atomic mass is 35.5. The number of nitrogens with zero attached hydrogens (tertiary/aromatic N) is 2. The standard InChI is InChI=1S/C18H14ClFN4O3/c1-9-2-3-10(4-12(9)20)18-23-17(27-24-18)7-21-13-6-15-14(5-11(13)19)22-16(25)8-26-15/h2-6,21H,7-8H2,1H3,(H,22,25). The fraction of sp³-hybridized carbons (Fsp3) is 0.167. The summed E-state index contributed by atoms with van der Waals surface area (Å²) in [6.07, 6.45) is 0. The molecule has 1 aromatic heterocycles. The van der Waals surface area contributed by atoms with Gasteiger partial charge in [-0.1, -0.05) is 28.9 Å². The number of carbonyl (C=O) groups is 1. The van der Waals surface area contributed by atoms with Crippen LogP contribution in [0.4, 0.5) is 15.8 Å². The summed E-state index contributed by atoms with van der Waals surface area (Å²) in [5.41, 5.74) is 2.18. The van der Waals surface area contributed by atoms with Gasteiger partial charge in [0.2, 0.25) is 11.7 Å². The Morgan fingerprint density at radius 1 is 1.33 bits per heavy atom. The minimum Gasteiger partial charge on any atom is -0.482 e. The van der Waals surface area contributed by atoms with Gasteiger partial charge in [0.05, 0.1) is 22.9 Å². The number of nitrogens with one attached hydrogen (secondary N) is 2. The van der Waals surface area contributed by atoms with Gasteiger partial charge in [0.15, 0.2) is 6.61 Å². The first-order chi connectivity index (χ1) is 13.0. The van der Waals surface area contributed by atoms with Crippen molar-refractivity contribution < 1.29 is 18.4 Å². The molecule has 0 unspecified atom stereocenters. The minimum atomic E-state index is -0.329. The molecule has 3 aromatic rings. The highest BCUT2D eigenvalue weighted by molar-refractivity contribution is 6.33. The first kappa shape index (κ1) is 17.3. The highest BCUT2D eigenvalue weighted by Crippen LogP contribution is 2.36. The third-order valence-electron chi connectivity index (χ3n) is 4.03. The van der Waals surface area contributed by atoms with Gasteiger partial charge in [0.1, 0.15) is 11.6 Å². The van der Waals surface area contributed by atoms with Crippen LogP contribution in [0.1, 0.15) is 11.5 Å². The molecule has 1 amide bonds. The fourth-order valence-corrected chi connectivity index (χ4v) is 2.81. The summed E-state index contributed by atoms with van der Waals surface area (Å²) >= 11 is 6.23. The van der Waals surface area contributed by atoms with Gasteiger partial charge in [-0.15, -0.1) is 0 Å². The summed E-state index contributed by atoms with van der Waals surface area (Å²) in [7, 11) is 0. The number of hydrogen-bond acceptors (Lipinski definition) is 6. The number of aromatic nitrogens is 2. The molecule has 27 heavy (non-hydrogen) atoms. The van der Waals surface area contributed by atoms with Gasteiger partial charge in [-0.3, -0.25) is 4.79 Å². The van der Waals surface area contributed by atoms with E-state index in [1.165, 1.54) is 6.07 Å². The average molecular weight is 389 g/mol. The van der Waals surface area contributed by atoms with E-state index < -0.39 is 0 Å². The Morgan fingerprint density at radius 2 is 2.19 bits per heavy atom. The average Bonchev–Trinajstić information content (AvgIpc) is 3.11. The molecule has 2 N–H and O–H groups in total. The molecule has 2 heterocycles. The maximum atomic E-state index is 13.7. The van der Waals surface area contributed by atoms with Crippen LogP contribution in [-0.2, 0) is 11.3 Å². The number of hydrogen-bond donors (Lipinski definition) is 2. The van der Waals surface area contributed by atoms with Crippen LogP contribution in [0.2, 0.25) is 5.02 Å². The van der Waals surface area contributed by atoms with E-state index in [0.717, 1.165) is 0 Å². The summed E-state index contributed by atoms with van der Waals surface area (Å²) in [5, 5.41) is 10.0. The Hall–Kier alpha value is -3.13. The van der Waals surface area contributed by atoms with Crippen LogP contribution >= 0.6 is 11.6 Å². The number of halogens is 2. The Morgan fingerprint density at radius 3 is 3.00 bits per heavy atom. The second-order valence-electron chi connectivity index (χ2n) is 5.99. The predicted molar refractivity (Wildman–Crippen MR) is 97.3 cm³/mol. The van der Waals surface area contributed by atoms with E-state index in [0.29, 0.717) is 45.0 Å². The summed E-state index contributed by atoms with van der Waals surface area (Å²) in [4.78, 5) is 15.6. The number of benzene rings is 2. The third-order valence-corrected chi connectivity index (χ3v) is 4.34. The summed E-state index contributed by atoms with van der Waals surface area (Å²) in [6.45, 7) is 1.85. The van der Waals surface area contributed by atoms with Crippen LogP contribution in [0, 0.1) is 12.7 Å². The molecule has 0 saturated heterocycles. The molecule has 0 aliphatic carbocycles. The number of anilines is 2. The van der Waals surface area contributed by atoms with Gasteiger partial charge in [-0.25, -0.2) is 4.39 Å². The molecule has 0 fully saturated rings. The predicted octanol–water partition coefficient (Wildman–Crippen LogP) is 3.78. The molecule has 2 aromatic carbocycles. The molecule has 7 nitrogen and oxygen atoms in total. The topological polar surface area (TPSA) is 89.3 Å². The van der Waals surface area contributed by atoms with E-state index in [1.54, 1.807) is 31.2 Å². The van der Waals surface area contributed by atoms with Crippen LogP contribution in [-0.4, -0.2) is 22.7 Å². The smallest absolute Gasteiger partial charge is 0.262 e. The van der Waals surface area contributed by atoms with Crippen LogP contribution < -0.4 is 15.4 Å². The quantitative estimate of drug-likeness (QED) is 0.707. The first-order valence-electron chi connectivity index (χ1n) is 8.09. The van der Waals surface area contributed by atoms with E-state index in [9.17, 15) is 9.18 Å². The van der Waals surface area contributed by atoms with Crippen LogP contribution in [0.25, 0.3) is 11.4 Å². The Labute approximate surface area is 158 Å². The van der Waals surface area contributed by atoms with Crippen molar-refractivity contribution in [2.24, 2.45) is 0 Å². The van der Waals surface area contributed by atoms with Crippen molar-refractivity contribution in [1.82, 2.24) is 10.1 Å². The number of aryl methyl sites for hydroxylation is 1. The molecular formula is C18H14ClFN4O3. The van der Waals surface area contributed by atoms with Gasteiger partial charge in [-0.2, -0.15) is 4.98 Å². The van der Waals surface area contributed by atoms with Crippen molar-refractivity contribution in [3.05, 3.63) is 52.6 Å². The molecule has 0 atom stereocenters. The van der Waals surface area contributed by atoms with Crippen LogP contribution in [0.15, 0.2) is 34.9 Å². The Balaban J connectivity index is 1.49. The van der Waals surface area contributed by atoms with Crippen molar-refractivity contribution >= 4 is 28.9 Å². The zero-order chi connectivity index (χ0) is 19.0. The normalized spacial score (nSPS) is 12.9. The highest BCUT2D eigenvalue weighted by Gasteiger charge is 2.18. The lowest BCUT2D eigenvalue weighted by molar-refractivity contribution is -0.118. The van der Waals surface area contributed by atoms with E-state index in [2.05, 4.69) is 20.8 Å². The van der Waals surface area contributed by atoms with Gasteiger partial charge in [-0.05, 0) is 24.6 Å². The molecule has 1 aliphatic heterocycles. The Bertz CT molecular complexity index is 1040. The number of rotatable bonds is 4. The molecule has 138 valence electrons. The van der Waals surface area contributed by atoms with Crippen LogP contribution in [0.3, 0.4) is 0 Å². The fourth-order valence-electron chi connectivity index (χ4n) is 2.58. The van der Waals surface area contributed by atoms with Crippen molar-refractivity contribution in [3.63, 3.8) is 0 Å². The lowest BCUT2D eigenvalue weighted by atomic mass is 10.1. The molecule has 9 heteroatoms. The largest absolute Gasteiger partial charge is 0.482 e. The third kappa shape index (κ3) is 3.56. The molecule has 0 spiro atoms. The van der Waals surface area contributed by atoms with E-state index in [1.807, 2.05) is 0 Å². The molecular weight excluding hydrogens is 375 g/mol. The van der Waals surface area contributed by atoms with Crippen LogP contribution in [0.5, 0.6) is 5.75 Å². The number of carbonyl (C=O) groups excluding carboxylic acids is 1. The van der Waals surface area contributed by atoms with Crippen molar-refractivity contribution in [2.45, 2.75) is 13.5 Å². The number of amides is 1. The number of ether oxygens (including phenoxy) is 1. The zero-order valence-electron chi connectivity index (χ0n) is 14.2.